The molecule has 0 spiro atoms. The molecule has 1 aromatic heterocycles. The molecule has 6 nitrogen and oxygen atoms in total. The van der Waals surface area contributed by atoms with E-state index in [2.05, 4.69) is 10.3 Å². The van der Waals surface area contributed by atoms with Crippen LogP contribution in [0, 0.1) is 0 Å². The number of aliphatic carboxylic acids is 1. The van der Waals surface area contributed by atoms with Gasteiger partial charge in [-0.05, 0) is 32.9 Å². The lowest BCUT2D eigenvalue weighted by Gasteiger charge is -2.21. The number of amides is 1. The Morgan fingerprint density at radius 1 is 1.36 bits per heavy atom. The Labute approximate surface area is 132 Å². The van der Waals surface area contributed by atoms with Crippen molar-refractivity contribution in [2.24, 2.45) is 0 Å². The maximum Gasteiger partial charge on any atom is 0.408 e. The zero-order valence-electron chi connectivity index (χ0n) is 12.6. The number of hydrogen-bond acceptors (Lipinski definition) is 5. The van der Waals surface area contributed by atoms with Crippen molar-refractivity contribution in [1.29, 1.82) is 0 Å². The van der Waals surface area contributed by atoms with E-state index in [9.17, 15) is 14.7 Å². The fourth-order valence-electron chi connectivity index (χ4n) is 1.83. The van der Waals surface area contributed by atoms with E-state index in [0.717, 1.165) is 10.2 Å². The second kappa shape index (κ2) is 6.31. The summed E-state index contributed by atoms with van der Waals surface area (Å²) in [6.07, 6.45) is -0.630. The predicted molar refractivity (Wildman–Crippen MR) is 84.1 cm³/mol. The topological polar surface area (TPSA) is 88.5 Å². The number of aromatic nitrogens is 1. The summed E-state index contributed by atoms with van der Waals surface area (Å²) in [6, 6.07) is 6.49. The Morgan fingerprint density at radius 2 is 2.05 bits per heavy atom. The zero-order valence-corrected chi connectivity index (χ0v) is 13.4. The van der Waals surface area contributed by atoms with Crippen LogP contribution in [0.2, 0.25) is 0 Å². The lowest BCUT2D eigenvalue weighted by molar-refractivity contribution is -0.139. The van der Waals surface area contributed by atoms with Gasteiger partial charge in [-0.1, -0.05) is 12.1 Å². The van der Waals surface area contributed by atoms with E-state index in [0.29, 0.717) is 5.01 Å². The molecule has 1 atom stereocenters. The minimum atomic E-state index is -1.12. The first kappa shape index (κ1) is 16.2. The number of nitrogens with one attached hydrogen (secondary N) is 1. The third kappa shape index (κ3) is 4.42. The highest BCUT2D eigenvalue weighted by Crippen LogP contribution is 2.22. The van der Waals surface area contributed by atoms with Gasteiger partial charge in [0, 0.05) is 6.42 Å². The Hall–Kier alpha value is -2.15. The molecule has 22 heavy (non-hydrogen) atoms. The Morgan fingerprint density at radius 3 is 2.64 bits per heavy atom. The Balaban J connectivity index is 2.08. The van der Waals surface area contributed by atoms with E-state index in [1.807, 2.05) is 24.3 Å². The predicted octanol–water partition coefficient (Wildman–Crippen LogP) is 2.82. The van der Waals surface area contributed by atoms with Crippen LogP contribution in [0.3, 0.4) is 0 Å². The molecule has 0 aliphatic rings. The van der Waals surface area contributed by atoms with Crippen LogP contribution >= 0.6 is 11.3 Å². The average Bonchev–Trinajstić information content (AvgIpc) is 2.77. The molecule has 1 heterocycles. The van der Waals surface area contributed by atoms with Gasteiger partial charge in [0.15, 0.2) is 0 Å². The van der Waals surface area contributed by atoms with Gasteiger partial charge in [-0.3, -0.25) is 0 Å². The van der Waals surface area contributed by atoms with Crippen molar-refractivity contribution in [2.45, 2.75) is 38.8 Å². The quantitative estimate of drug-likeness (QED) is 0.903. The second-order valence-corrected chi connectivity index (χ2v) is 6.93. The number of thiazole rings is 1. The normalized spacial score (nSPS) is 12.9. The minimum Gasteiger partial charge on any atom is -0.480 e. The average molecular weight is 322 g/mol. The standard InChI is InChI=1S/C15H18N2O4S/c1-15(2,3)21-14(20)17-10(13(18)19)8-12-16-9-6-4-5-7-11(9)22-12/h4-7,10H,8H2,1-3H3,(H,17,20)(H,18,19)/t10-/m0/s1. The molecule has 2 aromatic rings. The molecule has 0 saturated heterocycles. The summed E-state index contributed by atoms with van der Waals surface area (Å²) in [6.45, 7) is 5.15. The fourth-order valence-corrected chi connectivity index (χ4v) is 2.84. The highest BCUT2D eigenvalue weighted by atomic mass is 32.1. The van der Waals surface area contributed by atoms with Gasteiger partial charge in [0.2, 0.25) is 0 Å². The number of alkyl carbamates (subject to hydrolysis) is 1. The molecule has 0 saturated carbocycles. The van der Waals surface area contributed by atoms with E-state index in [4.69, 9.17) is 4.74 Å². The van der Waals surface area contributed by atoms with Gasteiger partial charge in [-0.15, -0.1) is 11.3 Å². The second-order valence-electron chi connectivity index (χ2n) is 5.82. The molecule has 118 valence electrons. The molecule has 0 bridgehead atoms. The number of hydrogen-bond donors (Lipinski definition) is 2. The number of benzene rings is 1. The van der Waals surface area contributed by atoms with Crippen molar-refractivity contribution in [2.75, 3.05) is 0 Å². The number of carboxylic acid groups (broad SMARTS) is 1. The van der Waals surface area contributed by atoms with E-state index in [1.165, 1.54) is 11.3 Å². The van der Waals surface area contributed by atoms with Crippen LogP contribution in [0.25, 0.3) is 10.2 Å². The minimum absolute atomic E-state index is 0.119. The van der Waals surface area contributed by atoms with Gasteiger partial charge in [0.05, 0.1) is 15.2 Å². The number of rotatable bonds is 4. The van der Waals surface area contributed by atoms with Crippen molar-refractivity contribution >= 4 is 33.6 Å². The van der Waals surface area contributed by atoms with Crippen LogP contribution in [-0.2, 0) is 16.0 Å². The summed E-state index contributed by atoms with van der Waals surface area (Å²) in [7, 11) is 0. The Bertz CT molecular complexity index is 657. The molecule has 2 N–H and O–H groups in total. The molecule has 0 fully saturated rings. The number of ether oxygens (including phenoxy) is 1. The number of nitrogens with zero attached hydrogens (tertiary/aromatic N) is 1. The van der Waals surface area contributed by atoms with Crippen LogP contribution in [0.4, 0.5) is 4.79 Å². The first-order valence-electron chi connectivity index (χ1n) is 6.81. The molecule has 0 radical (unpaired) electrons. The monoisotopic (exact) mass is 322 g/mol. The number of carbonyl (C=O) groups excluding carboxylic acids is 1. The van der Waals surface area contributed by atoms with Crippen LogP contribution in [-0.4, -0.2) is 33.8 Å². The fraction of sp³-hybridized carbons (Fsp3) is 0.400. The molecular formula is C15H18N2O4S. The van der Waals surface area contributed by atoms with Gasteiger partial charge in [0.25, 0.3) is 0 Å². The lowest BCUT2D eigenvalue weighted by atomic mass is 10.2. The van der Waals surface area contributed by atoms with Crippen molar-refractivity contribution < 1.29 is 19.4 Å². The number of carboxylic acids is 1. The summed E-state index contributed by atoms with van der Waals surface area (Å²) in [4.78, 5) is 27.4. The summed E-state index contributed by atoms with van der Waals surface area (Å²) in [5.41, 5.74) is 0.145. The van der Waals surface area contributed by atoms with Gasteiger partial charge in [-0.2, -0.15) is 0 Å². The molecule has 1 aromatic carbocycles. The first-order chi connectivity index (χ1) is 10.2. The summed E-state index contributed by atoms with van der Waals surface area (Å²) in [5.74, 6) is -1.12. The van der Waals surface area contributed by atoms with Crippen LogP contribution in [0.15, 0.2) is 24.3 Å². The van der Waals surface area contributed by atoms with Gasteiger partial charge in [0.1, 0.15) is 11.6 Å². The molecule has 2 rings (SSSR count). The maximum absolute atomic E-state index is 11.7. The van der Waals surface area contributed by atoms with Crippen molar-refractivity contribution in [1.82, 2.24) is 10.3 Å². The highest BCUT2D eigenvalue weighted by molar-refractivity contribution is 7.18. The largest absolute Gasteiger partial charge is 0.480 e. The number of carbonyl (C=O) groups is 2. The van der Waals surface area contributed by atoms with Crippen LogP contribution < -0.4 is 5.32 Å². The molecule has 7 heteroatoms. The SMILES string of the molecule is CC(C)(C)OC(=O)N[C@@H](Cc1nc2ccccc2s1)C(=O)O. The van der Waals surface area contributed by atoms with Crippen LogP contribution in [0.5, 0.6) is 0 Å². The first-order valence-corrected chi connectivity index (χ1v) is 7.63. The van der Waals surface area contributed by atoms with Gasteiger partial charge >= 0.3 is 12.1 Å². The Kier molecular flexibility index (Phi) is 4.65. The smallest absolute Gasteiger partial charge is 0.408 e. The highest BCUT2D eigenvalue weighted by Gasteiger charge is 2.25. The van der Waals surface area contributed by atoms with E-state index in [1.54, 1.807) is 20.8 Å². The summed E-state index contributed by atoms with van der Waals surface area (Å²) in [5, 5.41) is 12.3. The molecule has 1 amide bonds. The molecule has 0 aliphatic carbocycles. The van der Waals surface area contributed by atoms with Crippen molar-refractivity contribution in [3.63, 3.8) is 0 Å². The van der Waals surface area contributed by atoms with E-state index < -0.39 is 23.7 Å². The van der Waals surface area contributed by atoms with E-state index >= 15 is 0 Å². The molecule has 0 unspecified atom stereocenters. The number of para-hydroxylation sites is 1. The van der Waals surface area contributed by atoms with Gasteiger partial charge in [-0.25, -0.2) is 14.6 Å². The third-order valence-corrected chi connectivity index (χ3v) is 3.76. The summed E-state index contributed by atoms with van der Waals surface area (Å²) >= 11 is 1.42. The zero-order chi connectivity index (χ0) is 16.3. The summed E-state index contributed by atoms with van der Waals surface area (Å²) < 4.78 is 6.07. The van der Waals surface area contributed by atoms with E-state index in [-0.39, 0.29) is 6.42 Å². The molecule has 0 aliphatic heterocycles. The van der Waals surface area contributed by atoms with Crippen molar-refractivity contribution in [3.05, 3.63) is 29.3 Å². The van der Waals surface area contributed by atoms with Gasteiger partial charge < -0.3 is 15.2 Å². The number of fused-ring (bicyclic) bond motifs is 1. The molecular weight excluding hydrogens is 304 g/mol. The maximum atomic E-state index is 11.7. The van der Waals surface area contributed by atoms with Crippen LogP contribution in [0.1, 0.15) is 25.8 Å². The third-order valence-electron chi connectivity index (χ3n) is 2.71. The lowest BCUT2D eigenvalue weighted by Crippen LogP contribution is -2.44. The van der Waals surface area contributed by atoms with Crippen molar-refractivity contribution in [3.8, 4) is 0 Å².